The second kappa shape index (κ2) is 9.24. The van der Waals surface area contributed by atoms with E-state index in [0.29, 0.717) is 11.3 Å². The minimum absolute atomic E-state index is 0.0356. The summed E-state index contributed by atoms with van der Waals surface area (Å²) in [4.78, 5) is 51.4. The number of hydrogen-bond acceptors (Lipinski definition) is 9. The number of aromatic nitrogens is 1. The molecule has 0 saturated carbocycles. The third-order valence-electron chi connectivity index (χ3n) is 4.67. The monoisotopic (exact) mass is 464 g/mol. The molecule has 12 nitrogen and oxygen atoms in total. The first kappa shape index (κ1) is 22.2. The molecule has 1 aliphatic rings. The lowest BCUT2D eigenvalue weighted by molar-refractivity contribution is -0.385. The fourth-order valence-corrected chi connectivity index (χ4v) is 3.00. The number of nitrogens with zero attached hydrogens (tertiary/aromatic N) is 3. The molecule has 0 aliphatic carbocycles. The van der Waals surface area contributed by atoms with E-state index in [4.69, 9.17) is 9.15 Å². The van der Waals surface area contributed by atoms with Crippen molar-refractivity contribution in [2.75, 3.05) is 7.11 Å². The molecule has 1 aliphatic heterocycles. The second-order valence-electron chi connectivity index (χ2n) is 6.92. The Bertz CT molecular complexity index is 1300. The average Bonchev–Trinajstić information content (AvgIpc) is 3.40. The van der Waals surface area contributed by atoms with Gasteiger partial charge >= 0.3 is 12.0 Å². The molecular weight excluding hydrogens is 448 g/mol. The number of rotatable bonds is 7. The number of nitrogens with one attached hydrogen (secondary N) is 1. The van der Waals surface area contributed by atoms with Gasteiger partial charge in [-0.3, -0.25) is 19.8 Å². The molecule has 1 fully saturated rings. The van der Waals surface area contributed by atoms with Crippen molar-refractivity contribution < 1.29 is 33.2 Å². The van der Waals surface area contributed by atoms with E-state index in [9.17, 15) is 24.5 Å². The maximum Gasteiger partial charge on any atom is 0.373 e. The molecular formula is C22H16N4O8. The smallest absolute Gasteiger partial charge is 0.373 e. The summed E-state index contributed by atoms with van der Waals surface area (Å²) in [6.07, 6.45) is 2.59. The summed E-state index contributed by atoms with van der Waals surface area (Å²) in [7, 11) is 1.21. The summed E-state index contributed by atoms with van der Waals surface area (Å²) in [5.41, 5.74) is 0.526. The summed E-state index contributed by atoms with van der Waals surface area (Å²) >= 11 is 0. The number of amides is 3. The lowest BCUT2D eigenvalue weighted by atomic mass is 10.2. The molecule has 2 aromatic heterocycles. The maximum atomic E-state index is 12.7. The number of esters is 1. The molecule has 0 unspecified atom stereocenters. The van der Waals surface area contributed by atoms with E-state index in [1.165, 1.54) is 37.5 Å². The van der Waals surface area contributed by atoms with E-state index in [-0.39, 0.29) is 35.3 Å². The number of furan rings is 1. The van der Waals surface area contributed by atoms with Crippen LogP contribution in [0.4, 0.5) is 10.5 Å². The number of carbonyl (C=O) groups is 3. The Hall–Kier alpha value is -5.00. The Balaban J connectivity index is 1.42. The standard InChI is InChI=1S/C22H16N4O8/c1-32-21(28)18-8-7-16(33-18)12-25-20(27)17(24-22(25)29)10-13-2-5-15(6-3-13)34-19-9-4-14(11-23-19)26(30)31/h2-11H,12H2,1H3,(H,24,29). The van der Waals surface area contributed by atoms with Crippen LogP contribution in [0.2, 0.25) is 0 Å². The van der Waals surface area contributed by atoms with Gasteiger partial charge in [0.1, 0.15) is 23.4 Å². The highest BCUT2D eigenvalue weighted by molar-refractivity contribution is 6.13. The first-order valence-electron chi connectivity index (χ1n) is 9.74. The van der Waals surface area contributed by atoms with Gasteiger partial charge in [0.25, 0.3) is 11.6 Å². The minimum Gasteiger partial charge on any atom is -0.463 e. The van der Waals surface area contributed by atoms with Crippen LogP contribution in [-0.2, 0) is 16.1 Å². The predicted octanol–water partition coefficient (Wildman–Crippen LogP) is 3.25. The number of nitro groups is 1. The van der Waals surface area contributed by atoms with Crippen LogP contribution < -0.4 is 10.1 Å². The number of imide groups is 1. The third-order valence-corrected chi connectivity index (χ3v) is 4.67. The number of ether oxygens (including phenoxy) is 2. The Kier molecular flexibility index (Phi) is 6.03. The Morgan fingerprint density at radius 2 is 1.94 bits per heavy atom. The predicted molar refractivity (Wildman–Crippen MR) is 115 cm³/mol. The van der Waals surface area contributed by atoms with Gasteiger partial charge in [0.15, 0.2) is 0 Å². The highest BCUT2D eigenvalue weighted by Crippen LogP contribution is 2.23. The number of methoxy groups -OCH3 is 1. The molecule has 0 radical (unpaired) electrons. The number of urea groups is 1. The molecule has 12 heteroatoms. The maximum absolute atomic E-state index is 12.7. The highest BCUT2D eigenvalue weighted by Gasteiger charge is 2.34. The van der Waals surface area contributed by atoms with Gasteiger partial charge in [0.05, 0.1) is 18.6 Å². The molecule has 3 amide bonds. The molecule has 1 N–H and O–H groups in total. The molecule has 1 aromatic carbocycles. The number of hydrogen-bond donors (Lipinski definition) is 1. The molecule has 0 spiro atoms. The van der Waals surface area contributed by atoms with E-state index < -0.39 is 22.8 Å². The fraction of sp³-hybridized carbons (Fsp3) is 0.0909. The third kappa shape index (κ3) is 4.75. The van der Waals surface area contributed by atoms with Gasteiger partial charge in [-0.1, -0.05) is 12.1 Å². The first-order valence-corrected chi connectivity index (χ1v) is 9.74. The normalized spacial score (nSPS) is 14.3. The molecule has 1 saturated heterocycles. The summed E-state index contributed by atoms with van der Waals surface area (Å²) in [5.74, 6) is -0.416. The zero-order valence-electron chi connectivity index (χ0n) is 17.6. The van der Waals surface area contributed by atoms with Crippen molar-refractivity contribution in [3.63, 3.8) is 0 Å². The van der Waals surface area contributed by atoms with Gasteiger partial charge in [-0.2, -0.15) is 0 Å². The zero-order valence-corrected chi connectivity index (χ0v) is 17.6. The molecule has 0 bridgehead atoms. The molecule has 172 valence electrons. The van der Waals surface area contributed by atoms with Crippen LogP contribution in [-0.4, -0.2) is 39.8 Å². The van der Waals surface area contributed by atoms with Crippen molar-refractivity contribution in [2.24, 2.45) is 0 Å². The van der Waals surface area contributed by atoms with E-state index in [2.05, 4.69) is 15.0 Å². The van der Waals surface area contributed by atoms with E-state index in [0.717, 1.165) is 11.1 Å². The molecule has 4 rings (SSSR count). The summed E-state index contributed by atoms with van der Waals surface area (Å²) in [6.45, 7) is -0.159. The van der Waals surface area contributed by atoms with E-state index >= 15 is 0 Å². The van der Waals surface area contributed by atoms with Crippen molar-refractivity contribution in [3.8, 4) is 11.6 Å². The van der Waals surface area contributed by atoms with Gasteiger partial charge in [0, 0.05) is 12.1 Å². The topological polar surface area (TPSA) is 154 Å². The Morgan fingerprint density at radius 1 is 1.18 bits per heavy atom. The van der Waals surface area contributed by atoms with E-state index in [1.54, 1.807) is 24.3 Å². The number of pyridine rings is 1. The van der Waals surface area contributed by atoms with Crippen molar-refractivity contribution in [2.45, 2.75) is 6.54 Å². The van der Waals surface area contributed by atoms with Gasteiger partial charge in [-0.05, 0) is 35.9 Å². The van der Waals surface area contributed by atoms with Gasteiger partial charge in [-0.15, -0.1) is 0 Å². The number of carbonyl (C=O) groups excluding carboxylic acids is 3. The lowest BCUT2D eigenvalue weighted by Gasteiger charge is -2.09. The Labute approximate surface area is 191 Å². The molecule has 34 heavy (non-hydrogen) atoms. The van der Waals surface area contributed by atoms with Crippen LogP contribution in [0.3, 0.4) is 0 Å². The van der Waals surface area contributed by atoms with Crippen molar-refractivity contribution in [3.05, 3.63) is 87.6 Å². The van der Waals surface area contributed by atoms with Gasteiger partial charge in [0.2, 0.25) is 11.6 Å². The van der Waals surface area contributed by atoms with Crippen LogP contribution in [0, 0.1) is 10.1 Å². The molecule has 3 aromatic rings. The van der Waals surface area contributed by atoms with Crippen LogP contribution >= 0.6 is 0 Å². The van der Waals surface area contributed by atoms with Crippen LogP contribution in [0.5, 0.6) is 11.6 Å². The summed E-state index contributed by atoms with van der Waals surface area (Å²) < 4.78 is 15.4. The lowest BCUT2D eigenvalue weighted by Crippen LogP contribution is -2.30. The van der Waals surface area contributed by atoms with Crippen LogP contribution in [0.1, 0.15) is 21.9 Å². The van der Waals surface area contributed by atoms with Crippen molar-refractivity contribution >= 4 is 29.7 Å². The molecule has 3 heterocycles. The number of benzene rings is 1. The van der Waals surface area contributed by atoms with E-state index in [1.807, 2.05) is 0 Å². The summed E-state index contributed by atoms with van der Waals surface area (Å²) in [5, 5.41) is 13.2. The largest absolute Gasteiger partial charge is 0.463 e. The molecule has 0 atom stereocenters. The van der Waals surface area contributed by atoms with Gasteiger partial charge < -0.3 is 19.2 Å². The van der Waals surface area contributed by atoms with Crippen molar-refractivity contribution in [1.29, 1.82) is 0 Å². The first-order chi connectivity index (χ1) is 16.3. The fourth-order valence-electron chi connectivity index (χ4n) is 3.00. The van der Waals surface area contributed by atoms with Crippen LogP contribution in [0.25, 0.3) is 6.08 Å². The summed E-state index contributed by atoms with van der Waals surface area (Å²) in [6, 6.07) is 11.5. The Morgan fingerprint density at radius 3 is 2.59 bits per heavy atom. The van der Waals surface area contributed by atoms with Crippen LogP contribution in [0.15, 0.2) is 64.8 Å². The van der Waals surface area contributed by atoms with Crippen molar-refractivity contribution in [1.82, 2.24) is 15.2 Å². The van der Waals surface area contributed by atoms with Gasteiger partial charge in [-0.25, -0.2) is 14.6 Å². The zero-order chi connectivity index (χ0) is 24.2. The minimum atomic E-state index is -0.666. The second-order valence-corrected chi connectivity index (χ2v) is 6.92. The highest BCUT2D eigenvalue weighted by atomic mass is 16.6. The SMILES string of the molecule is COC(=O)c1ccc(CN2C(=O)NC(=Cc3ccc(Oc4ccc([N+](=O)[O-])cn4)cc3)C2=O)o1. The average molecular weight is 464 g/mol. The quantitative estimate of drug-likeness (QED) is 0.182.